The summed E-state index contributed by atoms with van der Waals surface area (Å²) in [6.07, 6.45) is 0. The molecule has 0 aliphatic heterocycles. The molecule has 0 heterocycles. The highest BCUT2D eigenvalue weighted by Crippen LogP contribution is 2.32. The summed E-state index contributed by atoms with van der Waals surface area (Å²) in [6, 6.07) is 4.71. The lowest BCUT2D eigenvalue weighted by atomic mass is 10.0. The Kier molecular flexibility index (Phi) is 6.12. The molecule has 1 aromatic rings. The molecule has 19 heavy (non-hydrogen) atoms. The summed E-state index contributed by atoms with van der Waals surface area (Å²) >= 11 is 0. The largest absolute Gasteiger partial charge is 0.496 e. The van der Waals surface area contributed by atoms with Crippen LogP contribution in [0.1, 0.15) is 31.0 Å². The van der Waals surface area contributed by atoms with Crippen molar-refractivity contribution in [2.45, 2.75) is 32.9 Å². The smallest absolute Gasteiger partial charge is 0.124 e. The lowest BCUT2D eigenvalue weighted by Gasteiger charge is -2.22. The highest BCUT2D eigenvalue weighted by molar-refractivity contribution is 5.47. The minimum absolute atomic E-state index is 0.187. The van der Waals surface area contributed by atoms with Gasteiger partial charge in [0.1, 0.15) is 11.5 Å². The molecular formula is C15H26N2O2. The van der Waals surface area contributed by atoms with Gasteiger partial charge in [0.05, 0.1) is 14.2 Å². The molecule has 0 saturated carbocycles. The first-order valence-electron chi connectivity index (χ1n) is 6.66. The molecule has 0 aromatic heterocycles. The molecule has 4 heteroatoms. The molecule has 4 nitrogen and oxygen atoms in total. The quantitative estimate of drug-likeness (QED) is 0.794. The van der Waals surface area contributed by atoms with Crippen LogP contribution in [0.25, 0.3) is 0 Å². The Bertz CT molecular complexity index is 405. The highest BCUT2D eigenvalue weighted by Gasteiger charge is 2.17. The molecular weight excluding hydrogens is 240 g/mol. The zero-order chi connectivity index (χ0) is 14.4. The number of ether oxygens (including phenoxy) is 2. The first-order valence-corrected chi connectivity index (χ1v) is 6.66. The Labute approximate surface area is 116 Å². The highest BCUT2D eigenvalue weighted by atomic mass is 16.5. The van der Waals surface area contributed by atoms with E-state index >= 15 is 0 Å². The van der Waals surface area contributed by atoms with E-state index in [9.17, 15) is 0 Å². The maximum Gasteiger partial charge on any atom is 0.124 e. The van der Waals surface area contributed by atoms with Gasteiger partial charge in [-0.3, -0.25) is 0 Å². The second kappa shape index (κ2) is 7.36. The van der Waals surface area contributed by atoms with Crippen molar-refractivity contribution < 1.29 is 9.47 Å². The predicted octanol–water partition coefficient (Wildman–Crippen LogP) is 2.27. The first kappa shape index (κ1) is 15.8. The Morgan fingerprint density at radius 3 is 2.21 bits per heavy atom. The Morgan fingerprint density at radius 2 is 1.74 bits per heavy atom. The van der Waals surface area contributed by atoms with Crippen LogP contribution < -0.4 is 20.1 Å². The third-order valence-electron chi connectivity index (χ3n) is 3.20. The lowest BCUT2D eigenvalue weighted by molar-refractivity contribution is 0.386. The second-order valence-electron chi connectivity index (χ2n) is 4.97. The van der Waals surface area contributed by atoms with Crippen molar-refractivity contribution in [3.8, 4) is 11.5 Å². The van der Waals surface area contributed by atoms with Gasteiger partial charge in [0, 0.05) is 24.2 Å². The van der Waals surface area contributed by atoms with E-state index in [-0.39, 0.29) is 6.04 Å². The fourth-order valence-corrected chi connectivity index (χ4v) is 2.07. The van der Waals surface area contributed by atoms with E-state index in [4.69, 9.17) is 9.47 Å². The van der Waals surface area contributed by atoms with E-state index in [2.05, 4.69) is 30.5 Å². The molecule has 0 spiro atoms. The van der Waals surface area contributed by atoms with E-state index in [1.165, 1.54) is 0 Å². The van der Waals surface area contributed by atoms with E-state index in [1.807, 2.05) is 20.0 Å². The van der Waals surface area contributed by atoms with Gasteiger partial charge in [0.2, 0.25) is 0 Å². The number of hydrogen-bond acceptors (Lipinski definition) is 4. The molecule has 0 bridgehead atoms. The average Bonchev–Trinajstić information content (AvgIpc) is 2.39. The van der Waals surface area contributed by atoms with Gasteiger partial charge >= 0.3 is 0 Å². The predicted molar refractivity (Wildman–Crippen MR) is 79.2 cm³/mol. The van der Waals surface area contributed by atoms with Gasteiger partial charge < -0.3 is 20.1 Å². The number of methoxy groups -OCH3 is 2. The molecule has 0 aliphatic rings. The summed E-state index contributed by atoms with van der Waals surface area (Å²) in [5.41, 5.74) is 2.19. The maximum atomic E-state index is 5.49. The van der Waals surface area contributed by atoms with Crippen molar-refractivity contribution in [3.63, 3.8) is 0 Å². The van der Waals surface area contributed by atoms with Gasteiger partial charge in [-0.05, 0) is 31.7 Å². The molecule has 1 atom stereocenters. The molecule has 0 amide bonds. The average molecular weight is 266 g/mol. The summed E-state index contributed by atoms with van der Waals surface area (Å²) in [7, 11) is 5.35. The number of hydrogen-bond donors (Lipinski definition) is 2. The molecule has 0 radical (unpaired) electrons. The van der Waals surface area contributed by atoms with Gasteiger partial charge in [-0.15, -0.1) is 0 Å². The van der Waals surface area contributed by atoms with Crippen LogP contribution in [0, 0.1) is 6.92 Å². The van der Waals surface area contributed by atoms with Gasteiger partial charge in [0.25, 0.3) is 0 Å². The minimum atomic E-state index is 0.187. The summed E-state index contributed by atoms with van der Waals surface area (Å²) in [6.45, 7) is 7.14. The number of aryl methyl sites for hydroxylation is 1. The minimum Gasteiger partial charge on any atom is -0.496 e. The van der Waals surface area contributed by atoms with Crippen molar-refractivity contribution in [1.82, 2.24) is 10.6 Å². The lowest BCUT2D eigenvalue weighted by Crippen LogP contribution is -2.33. The van der Waals surface area contributed by atoms with Gasteiger partial charge in [0.15, 0.2) is 0 Å². The van der Waals surface area contributed by atoms with Crippen LogP contribution in [0.3, 0.4) is 0 Å². The molecule has 0 aliphatic carbocycles. The molecule has 108 valence electrons. The first-order chi connectivity index (χ1) is 9.03. The molecule has 1 unspecified atom stereocenters. The van der Waals surface area contributed by atoms with Gasteiger partial charge in [-0.2, -0.15) is 0 Å². The number of likely N-dealkylation sites (N-methyl/N-ethyl adjacent to an activating group) is 1. The van der Waals surface area contributed by atoms with Gasteiger partial charge in [-0.1, -0.05) is 13.8 Å². The topological polar surface area (TPSA) is 42.5 Å². The maximum absolute atomic E-state index is 5.49. The van der Waals surface area contributed by atoms with E-state index in [0.717, 1.165) is 29.2 Å². The molecule has 0 fully saturated rings. The van der Waals surface area contributed by atoms with Gasteiger partial charge in [-0.25, -0.2) is 0 Å². The monoisotopic (exact) mass is 266 g/mol. The summed E-state index contributed by atoms with van der Waals surface area (Å²) in [5, 5.41) is 6.76. The third-order valence-corrected chi connectivity index (χ3v) is 3.20. The Hall–Kier alpha value is -1.26. The van der Waals surface area contributed by atoms with Crippen molar-refractivity contribution in [3.05, 3.63) is 23.3 Å². The number of nitrogens with one attached hydrogen (secondary N) is 2. The van der Waals surface area contributed by atoms with Crippen LogP contribution in [-0.4, -0.2) is 33.9 Å². The van der Waals surface area contributed by atoms with Crippen LogP contribution in [0.15, 0.2) is 12.1 Å². The zero-order valence-corrected chi connectivity index (χ0v) is 12.8. The summed E-state index contributed by atoms with van der Waals surface area (Å²) < 4.78 is 10.9. The van der Waals surface area contributed by atoms with Crippen LogP contribution in [0.5, 0.6) is 11.5 Å². The van der Waals surface area contributed by atoms with Crippen LogP contribution in [-0.2, 0) is 0 Å². The Balaban J connectivity index is 3.06. The third kappa shape index (κ3) is 4.11. The molecule has 1 rings (SSSR count). The standard InChI is InChI=1S/C15H26N2O2/c1-10(2)17-9-13(16-4)12-8-14(18-5)11(3)7-15(12)19-6/h7-8,10,13,16-17H,9H2,1-6H3. The van der Waals surface area contributed by atoms with E-state index in [1.54, 1.807) is 14.2 Å². The zero-order valence-electron chi connectivity index (χ0n) is 12.8. The van der Waals surface area contributed by atoms with Crippen molar-refractivity contribution >= 4 is 0 Å². The fraction of sp³-hybridized carbons (Fsp3) is 0.600. The SMILES string of the molecule is CNC(CNC(C)C)c1cc(OC)c(C)cc1OC. The van der Waals surface area contributed by atoms with Crippen LogP contribution >= 0.6 is 0 Å². The van der Waals surface area contributed by atoms with E-state index in [0.29, 0.717) is 6.04 Å². The normalized spacial score (nSPS) is 12.6. The van der Waals surface area contributed by atoms with Crippen molar-refractivity contribution in [2.75, 3.05) is 27.8 Å². The Morgan fingerprint density at radius 1 is 1.11 bits per heavy atom. The number of benzene rings is 1. The van der Waals surface area contributed by atoms with Crippen molar-refractivity contribution in [1.29, 1.82) is 0 Å². The van der Waals surface area contributed by atoms with Crippen LogP contribution in [0.4, 0.5) is 0 Å². The molecule has 1 aromatic carbocycles. The summed E-state index contributed by atoms with van der Waals surface area (Å²) in [4.78, 5) is 0. The molecule has 2 N–H and O–H groups in total. The van der Waals surface area contributed by atoms with Crippen LogP contribution in [0.2, 0.25) is 0 Å². The molecule has 0 saturated heterocycles. The van der Waals surface area contributed by atoms with E-state index < -0.39 is 0 Å². The number of rotatable bonds is 7. The summed E-state index contributed by atoms with van der Waals surface area (Å²) in [5.74, 6) is 1.78. The second-order valence-corrected chi connectivity index (χ2v) is 4.97. The fourth-order valence-electron chi connectivity index (χ4n) is 2.07. The van der Waals surface area contributed by atoms with Crippen molar-refractivity contribution in [2.24, 2.45) is 0 Å².